The molecule has 0 bridgehead atoms. The Hall–Kier alpha value is -1.93. The molecule has 0 radical (unpaired) electrons. The summed E-state index contributed by atoms with van der Waals surface area (Å²) in [4.78, 5) is 28.6. The average Bonchev–Trinajstić information content (AvgIpc) is 3.18. The summed E-state index contributed by atoms with van der Waals surface area (Å²) in [5.41, 5.74) is 1.18. The van der Waals surface area contributed by atoms with E-state index in [0.717, 1.165) is 12.1 Å². The first-order chi connectivity index (χ1) is 12.5. The lowest BCUT2D eigenvalue weighted by Crippen LogP contribution is -2.63. The topological polar surface area (TPSA) is 76.9 Å². The summed E-state index contributed by atoms with van der Waals surface area (Å²) in [6, 6.07) is 1.81. The van der Waals surface area contributed by atoms with Gasteiger partial charge in [-0.2, -0.15) is 5.10 Å². The SMILES string of the molecule is Cc1cc(C(=O)N2CC3(CC(CC(=O)N4CCOCC4)CO3)C2)nn1C. The second-order valence-electron chi connectivity index (χ2n) is 7.72. The Bertz CT molecular complexity index is 685. The van der Waals surface area contributed by atoms with Gasteiger partial charge in [0.05, 0.1) is 32.9 Å². The van der Waals surface area contributed by atoms with Gasteiger partial charge in [-0.25, -0.2) is 0 Å². The van der Waals surface area contributed by atoms with Crippen LogP contribution in [0.2, 0.25) is 0 Å². The van der Waals surface area contributed by atoms with E-state index >= 15 is 0 Å². The molecule has 3 aliphatic heterocycles. The molecule has 0 saturated carbocycles. The lowest BCUT2D eigenvalue weighted by Gasteiger charge is -2.46. The Morgan fingerprint density at radius 3 is 2.65 bits per heavy atom. The molecule has 4 rings (SSSR count). The first-order valence-electron chi connectivity index (χ1n) is 9.25. The van der Waals surface area contributed by atoms with Crippen LogP contribution in [-0.4, -0.2) is 83.0 Å². The molecule has 0 N–H and O–H groups in total. The Labute approximate surface area is 153 Å². The van der Waals surface area contributed by atoms with E-state index in [2.05, 4.69) is 5.10 Å². The highest BCUT2D eigenvalue weighted by molar-refractivity contribution is 5.93. The standard InChI is InChI=1S/C18H26N4O4/c1-13-7-15(19-20(13)2)17(24)22-11-18(12-22)9-14(10-26-18)8-16(23)21-3-5-25-6-4-21/h7,14H,3-6,8-12H2,1-2H3. The van der Waals surface area contributed by atoms with E-state index in [4.69, 9.17) is 9.47 Å². The summed E-state index contributed by atoms with van der Waals surface area (Å²) in [5, 5.41) is 4.26. The van der Waals surface area contributed by atoms with Crippen LogP contribution in [0, 0.1) is 12.8 Å². The lowest BCUT2D eigenvalue weighted by atomic mass is 9.85. The molecule has 8 heteroatoms. The molecule has 3 aliphatic rings. The maximum Gasteiger partial charge on any atom is 0.274 e. The zero-order chi connectivity index (χ0) is 18.3. The maximum atomic E-state index is 12.5. The first-order valence-corrected chi connectivity index (χ1v) is 9.25. The predicted octanol–water partition coefficient (Wildman–Crippen LogP) is 0.209. The van der Waals surface area contributed by atoms with Crippen LogP contribution >= 0.6 is 0 Å². The van der Waals surface area contributed by atoms with Gasteiger partial charge in [0.1, 0.15) is 5.60 Å². The van der Waals surface area contributed by atoms with Gasteiger partial charge in [0.2, 0.25) is 5.91 Å². The minimum Gasteiger partial charge on any atom is -0.378 e. The molecule has 1 atom stereocenters. The second-order valence-corrected chi connectivity index (χ2v) is 7.72. The Morgan fingerprint density at radius 2 is 2.00 bits per heavy atom. The minimum absolute atomic E-state index is 0.0456. The molecular weight excluding hydrogens is 336 g/mol. The number of rotatable bonds is 3. The molecule has 4 heterocycles. The zero-order valence-corrected chi connectivity index (χ0v) is 15.4. The number of carbonyl (C=O) groups excluding carboxylic acids is 2. The molecule has 0 aliphatic carbocycles. The van der Waals surface area contributed by atoms with Crippen molar-refractivity contribution in [2.75, 3.05) is 46.0 Å². The molecule has 0 aromatic carbocycles. The monoisotopic (exact) mass is 362 g/mol. The van der Waals surface area contributed by atoms with Crippen molar-refractivity contribution in [2.45, 2.75) is 25.4 Å². The van der Waals surface area contributed by atoms with E-state index in [1.165, 1.54) is 0 Å². The van der Waals surface area contributed by atoms with Crippen LogP contribution < -0.4 is 0 Å². The Kier molecular flexibility index (Phi) is 4.48. The van der Waals surface area contributed by atoms with E-state index in [1.54, 1.807) is 9.58 Å². The van der Waals surface area contributed by atoms with Crippen molar-refractivity contribution < 1.29 is 19.1 Å². The number of nitrogens with zero attached hydrogens (tertiary/aromatic N) is 4. The Balaban J connectivity index is 1.28. The fourth-order valence-electron chi connectivity index (χ4n) is 4.10. The molecule has 142 valence electrons. The third kappa shape index (κ3) is 3.23. The van der Waals surface area contributed by atoms with E-state index < -0.39 is 0 Å². The number of hydrogen-bond acceptors (Lipinski definition) is 5. The van der Waals surface area contributed by atoms with Crippen molar-refractivity contribution in [2.24, 2.45) is 13.0 Å². The fourth-order valence-corrected chi connectivity index (χ4v) is 4.10. The summed E-state index contributed by atoms with van der Waals surface area (Å²) >= 11 is 0. The zero-order valence-electron chi connectivity index (χ0n) is 15.4. The molecule has 2 amide bonds. The number of morpholine rings is 1. The van der Waals surface area contributed by atoms with E-state index in [-0.39, 0.29) is 23.3 Å². The van der Waals surface area contributed by atoms with Crippen LogP contribution in [0.15, 0.2) is 6.07 Å². The molecule has 3 saturated heterocycles. The molecular formula is C18H26N4O4. The van der Waals surface area contributed by atoms with E-state index in [9.17, 15) is 9.59 Å². The molecule has 1 aromatic heterocycles. The van der Waals surface area contributed by atoms with Crippen molar-refractivity contribution in [3.8, 4) is 0 Å². The quantitative estimate of drug-likeness (QED) is 0.768. The van der Waals surface area contributed by atoms with E-state index in [0.29, 0.717) is 58.1 Å². The number of carbonyl (C=O) groups is 2. The van der Waals surface area contributed by atoms with Gasteiger partial charge in [-0.05, 0) is 25.3 Å². The van der Waals surface area contributed by atoms with Crippen molar-refractivity contribution in [3.05, 3.63) is 17.5 Å². The molecule has 1 aromatic rings. The third-order valence-corrected chi connectivity index (χ3v) is 5.69. The number of ether oxygens (including phenoxy) is 2. The largest absolute Gasteiger partial charge is 0.378 e. The van der Waals surface area contributed by atoms with Gasteiger partial charge >= 0.3 is 0 Å². The minimum atomic E-state index is -0.268. The van der Waals surface area contributed by atoms with Gasteiger partial charge in [-0.1, -0.05) is 0 Å². The normalized spacial score (nSPS) is 24.8. The summed E-state index contributed by atoms with van der Waals surface area (Å²) in [7, 11) is 1.83. The van der Waals surface area contributed by atoms with Crippen molar-refractivity contribution >= 4 is 11.8 Å². The number of amides is 2. The summed E-state index contributed by atoms with van der Waals surface area (Å²) < 4.78 is 13.0. The lowest BCUT2D eigenvalue weighted by molar-refractivity contribution is -0.136. The van der Waals surface area contributed by atoms with E-state index in [1.807, 2.05) is 24.9 Å². The smallest absolute Gasteiger partial charge is 0.274 e. The van der Waals surface area contributed by atoms with Gasteiger partial charge in [0.25, 0.3) is 5.91 Å². The molecule has 1 spiro atoms. The van der Waals surface area contributed by atoms with Gasteiger partial charge < -0.3 is 19.3 Å². The van der Waals surface area contributed by atoms with Crippen molar-refractivity contribution in [1.82, 2.24) is 19.6 Å². The van der Waals surface area contributed by atoms with Crippen LogP contribution in [-0.2, 0) is 21.3 Å². The highest BCUT2D eigenvalue weighted by atomic mass is 16.5. The first kappa shape index (κ1) is 17.5. The number of hydrogen-bond donors (Lipinski definition) is 0. The van der Waals surface area contributed by atoms with Crippen LogP contribution in [0.1, 0.15) is 29.0 Å². The number of aromatic nitrogens is 2. The molecule has 26 heavy (non-hydrogen) atoms. The molecule has 3 fully saturated rings. The second kappa shape index (κ2) is 6.66. The van der Waals surface area contributed by atoms with Gasteiger partial charge in [-0.3, -0.25) is 14.3 Å². The van der Waals surface area contributed by atoms with Crippen LogP contribution in [0.25, 0.3) is 0 Å². The van der Waals surface area contributed by atoms with Crippen LogP contribution in [0.5, 0.6) is 0 Å². The van der Waals surface area contributed by atoms with Gasteiger partial charge in [0.15, 0.2) is 5.69 Å². The van der Waals surface area contributed by atoms with Crippen molar-refractivity contribution in [3.63, 3.8) is 0 Å². The van der Waals surface area contributed by atoms with Crippen molar-refractivity contribution in [1.29, 1.82) is 0 Å². The predicted molar refractivity (Wildman–Crippen MR) is 92.7 cm³/mol. The highest BCUT2D eigenvalue weighted by Crippen LogP contribution is 2.39. The average molecular weight is 362 g/mol. The maximum absolute atomic E-state index is 12.5. The van der Waals surface area contributed by atoms with Gasteiger partial charge in [-0.15, -0.1) is 0 Å². The van der Waals surface area contributed by atoms with Crippen LogP contribution in [0.3, 0.4) is 0 Å². The van der Waals surface area contributed by atoms with Crippen LogP contribution in [0.4, 0.5) is 0 Å². The highest BCUT2D eigenvalue weighted by Gasteiger charge is 2.51. The summed E-state index contributed by atoms with van der Waals surface area (Å²) in [5.74, 6) is 0.380. The fraction of sp³-hybridized carbons (Fsp3) is 0.722. The van der Waals surface area contributed by atoms with Gasteiger partial charge in [0, 0.05) is 32.3 Å². The third-order valence-electron chi connectivity index (χ3n) is 5.69. The number of aryl methyl sites for hydroxylation is 2. The Morgan fingerprint density at radius 1 is 1.27 bits per heavy atom. The molecule has 1 unspecified atom stereocenters. The summed E-state index contributed by atoms with van der Waals surface area (Å²) in [6.45, 7) is 6.32. The molecule has 8 nitrogen and oxygen atoms in total. The number of likely N-dealkylation sites (tertiary alicyclic amines) is 1. The summed E-state index contributed by atoms with van der Waals surface area (Å²) in [6.07, 6.45) is 1.36.